The number of alkyl halides is 1. The summed E-state index contributed by atoms with van der Waals surface area (Å²) in [5.74, 6) is -1.13. The number of anilines is 1. The van der Waals surface area contributed by atoms with Crippen molar-refractivity contribution < 1.29 is 19.6 Å². The number of H-pyrrole nitrogens is 1. The van der Waals surface area contributed by atoms with Gasteiger partial charge >= 0.3 is 0 Å². The summed E-state index contributed by atoms with van der Waals surface area (Å²) in [6.45, 7) is 18.7. The average Bonchev–Trinajstić information content (AvgIpc) is 3.39. The second-order valence-electron chi connectivity index (χ2n) is 9.98. The molecule has 5 atom stereocenters. The Kier molecular flexibility index (Phi) is 9.24. The number of rotatable bonds is 11. The molecule has 0 radical (unpaired) electrons. The molecule has 0 aliphatic heterocycles. The van der Waals surface area contributed by atoms with Gasteiger partial charge in [-0.2, -0.15) is 4.98 Å². The molecule has 1 aliphatic rings. The van der Waals surface area contributed by atoms with Gasteiger partial charge in [-0.05, 0) is 40.0 Å². The molecular weight excluding hydrogens is 500 g/mol. The maximum atomic E-state index is 16.2. The first-order valence-electron chi connectivity index (χ1n) is 13.1. The third kappa shape index (κ3) is 6.52. The van der Waals surface area contributed by atoms with Gasteiger partial charge < -0.3 is 18.5 Å². The number of aromatic amines is 1. The molecule has 37 heavy (non-hydrogen) atoms. The van der Waals surface area contributed by atoms with E-state index in [4.69, 9.17) is 17.0 Å². The lowest BCUT2D eigenvalue weighted by molar-refractivity contribution is -0.118. The lowest BCUT2D eigenvalue weighted by Gasteiger charge is -2.37. The van der Waals surface area contributed by atoms with E-state index in [1.54, 1.807) is 13.8 Å². The highest BCUT2D eigenvalue weighted by atomic mass is 31.2. The molecule has 2 aromatic rings. The molecule has 0 saturated heterocycles. The van der Waals surface area contributed by atoms with Crippen LogP contribution < -0.4 is 10.9 Å². The van der Waals surface area contributed by atoms with Crippen LogP contribution in [0.4, 0.5) is 10.3 Å². The Morgan fingerprint density at radius 2 is 2.11 bits per heavy atom. The summed E-state index contributed by atoms with van der Waals surface area (Å²) in [5.41, 5.74) is -0.374. The number of aromatic nitrogens is 4. The van der Waals surface area contributed by atoms with Gasteiger partial charge in [0.15, 0.2) is 11.2 Å². The van der Waals surface area contributed by atoms with Crippen LogP contribution >= 0.6 is 8.53 Å². The molecule has 3 rings (SSSR count). The third-order valence-corrected chi connectivity index (χ3v) is 8.24. The minimum Gasteiger partial charge on any atom is -0.315 e. The molecule has 0 bridgehead atoms. The number of nitrogens with one attached hydrogen (secondary N) is 2. The highest BCUT2D eigenvalue weighted by Gasteiger charge is 2.47. The maximum Gasteiger partial charge on any atom is 0.280 e. The topological polar surface area (TPSA) is 119 Å². The molecule has 204 valence electrons. The standard InChI is InChI=1S/C24H37FN7O4P/c1-13(2)22(33)29-24-28-21-19(23(34)30-24)27-12-31(21)17-11-16(7)20(18(17)25)36-37(35-10-9-26-8)32(14(3)4)15(5)6/h12-18,20H,9-11H2,1-7H3,(H2,28,29,30,33,34)/t16-,17+,18-,20+,37?/m0/s1/i7D. The van der Waals surface area contributed by atoms with E-state index in [0.717, 1.165) is 0 Å². The van der Waals surface area contributed by atoms with Crippen molar-refractivity contribution in [1.29, 1.82) is 0 Å². The van der Waals surface area contributed by atoms with Crippen LogP contribution in [0.15, 0.2) is 11.1 Å². The molecule has 1 aliphatic carbocycles. The first kappa shape index (κ1) is 27.6. The van der Waals surface area contributed by atoms with Gasteiger partial charge in [0.1, 0.15) is 18.9 Å². The summed E-state index contributed by atoms with van der Waals surface area (Å²) in [5, 5.41) is 2.57. The van der Waals surface area contributed by atoms with E-state index >= 15 is 4.39 Å². The molecule has 1 fully saturated rings. The molecule has 1 saturated carbocycles. The van der Waals surface area contributed by atoms with E-state index in [2.05, 4.69) is 25.1 Å². The molecular formula is C24H37FN7O4P. The molecule has 2 aromatic heterocycles. The van der Waals surface area contributed by atoms with Crippen LogP contribution in [-0.4, -0.2) is 67.6 Å². The van der Waals surface area contributed by atoms with Gasteiger partial charge in [0.25, 0.3) is 14.1 Å². The number of imidazole rings is 1. The number of halogens is 1. The zero-order valence-electron chi connectivity index (χ0n) is 23.1. The summed E-state index contributed by atoms with van der Waals surface area (Å²) >= 11 is 0. The first-order chi connectivity index (χ1) is 18.0. The van der Waals surface area contributed by atoms with Crippen LogP contribution in [0.3, 0.4) is 0 Å². The quantitative estimate of drug-likeness (QED) is 0.249. The molecule has 1 amide bonds. The fraction of sp³-hybridized carbons (Fsp3) is 0.708. The smallest absolute Gasteiger partial charge is 0.280 e. The van der Waals surface area contributed by atoms with Gasteiger partial charge in [0.2, 0.25) is 18.4 Å². The third-order valence-electron chi connectivity index (χ3n) is 6.11. The van der Waals surface area contributed by atoms with Crippen LogP contribution in [0.25, 0.3) is 16.0 Å². The van der Waals surface area contributed by atoms with Crippen molar-refractivity contribution in [3.05, 3.63) is 28.1 Å². The van der Waals surface area contributed by atoms with E-state index in [9.17, 15) is 9.59 Å². The monoisotopic (exact) mass is 538 g/mol. The Balaban J connectivity index is 1.93. The highest BCUT2D eigenvalue weighted by Crippen LogP contribution is 2.52. The molecule has 11 nitrogen and oxygen atoms in total. The number of amides is 1. The Hall–Kier alpha value is -2.45. The lowest BCUT2D eigenvalue weighted by atomic mass is 10.1. The van der Waals surface area contributed by atoms with Crippen LogP contribution in [0, 0.1) is 18.4 Å². The fourth-order valence-corrected chi connectivity index (χ4v) is 6.14. The highest BCUT2D eigenvalue weighted by molar-refractivity contribution is 7.44. The molecule has 13 heteroatoms. The van der Waals surface area contributed by atoms with Gasteiger partial charge in [0.05, 0.1) is 12.4 Å². The Morgan fingerprint density at radius 1 is 1.41 bits per heavy atom. The number of hydrogen-bond donors (Lipinski definition) is 2. The van der Waals surface area contributed by atoms with Gasteiger partial charge in [-0.3, -0.25) is 19.9 Å². The summed E-state index contributed by atoms with van der Waals surface area (Å²) < 4.78 is 40.1. The zero-order valence-corrected chi connectivity index (χ0v) is 23.0. The second kappa shape index (κ2) is 12.4. The van der Waals surface area contributed by atoms with Crippen LogP contribution in [0.2, 0.25) is 0 Å². The Bertz CT molecular complexity index is 1190. The maximum absolute atomic E-state index is 16.2. The first-order valence-corrected chi connectivity index (χ1v) is 13.5. The van der Waals surface area contributed by atoms with E-state index in [0.29, 0.717) is 0 Å². The predicted octanol–water partition coefficient (Wildman–Crippen LogP) is 4.30. The van der Waals surface area contributed by atoms with Crippen molar-refractivity contribution in [3.8, 4) is 0 Å². The van der Waals surface area contributed by atoms with Crippen molar-refractivity contribution in [2.45, 2.75) is 85.3 Å². The van der Waals surface area contributed by atoms with E-state index < -0.39 is 38.3 Å². The summed E-state index contributed by atoms with van der Waals surface area (Å²) in [6.07, 6.45) is -0.827. The summed E-state index contributed by atoms with van der Waals surface area (Å²) in [6, 6.07) is -0.687. The van der Waals surface area contributed by atoms with Crippen LogP contribution in [0.1, 0.15) is 62.3 Å². The SMILES string of the molecule is [2H]C[C@H]1C[C@@H](n2cnc3c(=O)[nH]c(NC(=O)C(C)C)nc32)[C@H](F)[C@@H]1OP(OCC[N+]#[C-])N(C(C)C)C(C)C. The van der Waals surface area contributed by atoms with Crippen molar-refractivity contribution in [2.75, 3.05) is 18.5 Å². The van der Waals surface area contributed by atoms with E-state index in [1.165, 1.54) is 10.9 Å². The number of carbonyl (C=O) groups is 1. The predicted molar refractivity (Wildman–Crippen MR) is 141 cm³/mol. The van der Waals surface area contributed by atoms with Crippen molar-refractivity contribution in [1.82, 2.24) is 24.2 Å². The fourth-order valence-electron chi connectivity index (χ4n) is 4.35. The van der Waals surface area contributed by atoms with Crippen molar-refractivity contribution >= 4 is 31.5 Å². The van der Waals surface area contributed by atoms with Crippen LogP contribution in [-0.2, 0) is 13.8 Å². The minimum atomic E-state index is -1.70. The number of fused-ring (bicyclic) bond motifs is 1. The molecule has 1 unspecified atom stereocenters. The lowest BCUT2D eigenvalue weighted by Crippen LogP contribution is -2.36. The van der Waals surface area contributed by atoms with E-state index in [1.807, 2.05) is 32.4 Å². The van der Waals surface area contributed by atoms with Gasteiger partial charge in [-0.15, -0.1) is 0 Å². The van der Waals surface area contributed by atoms with Crippen molar-refractivity contribution in [3.63, 3.8) is 0 Å². The number of carbonyl (C=O) groups excluding carboxylic acids is 1. The largest absolute Gasteiger partial charge is 0.315 e. The summed E-state index contributed by atoms with van der Waals surface area (Å²) in [7, 11) is -1.70. The molecule has 0 aromatic carbocycles. The molecule has 0 spiro atoms. The minimum absolute atomic E-state index is 0.0297. The Labute approximate surface area is 219 Å². The van der Waals surface area contributed by atoms with Gasteiger partial charge in [-0.25, -0.2) is 20.6 Å². The van der Waals surface area contributed by atoms with E-state index in [-0.39, 0.29) is 67.5 Å². The second-order valence-corrected chi connectivity index (χ2v) is 11.4. The number of nitrogens with zero attached hydrogens (tertiary/aromatic N) is 5. The number of hydrogen-bond acceptors (Lipinski definition) is 7. The molecule has 2 heterocycles. The molecule has 2 N–H and O–H groups in total. The zero-order chi connectivity index (χ0) is 28.1. The normalized spacial score (nSPS) is 23.2. The van der Waals surface area contributed by atoms with Crippen molar-refractivity contribution in [2.24, 2.45) is 11.8 Å². The summed E-state index contributed by atoms with van der Waals surface area (Å²) in [4.78, 5) is 39.1. The van der Waals surface area contributed by atoms with Gasteiger partial charge in [-0.1, -0.05) is 20.7 Å². The Morgan fingerprint density at radius 3 is 2.70 bits per heavy atom. The average molecular weight is 539 g/mol. The van der Waals surface area contributed by atoms with Crippen LogP contribution in [0.5, 0.6) is 0 Å². The van der Waals surface area contributed by atoms with Gasteiger partial charge in [0, 0.05) is 19.4 Å².